The zero-order valence-corrected chi connectivity index (χ0v) is 17.9. The molecule has 0 aliphatic carbocycles. The van der Waals surface area contributed by atoms with Crippen molar-refractivity contribution in [2.45, 2.75) is 0 Å². The smallest absolute Gasteiger partial charge is 0.257 e. The van der Waals surface area contributed by atoms with Crippen LogP contribution in [0.1, 0.15) is 20.7 Å². The standard InChI is InChI=1S/C21H12Cl2F2N6O2/c22-16-7-13(12-2-1-10(24)5-14(12)19(26)32)18(25)8-15(16)21(33)30-11-6-17(23)20(27-9-11)31-28-3-4-29-31/h1-9H,(H2,26,32)(H,30,33). The quantitative estimate of drug-likeness (QED) is 0.435. The zero-order valence-electron chi connectivity index (χ0n) is 16.4. The fourth-order valence-electron chi connectivity index (χ4n) is 3.05. The van der Waals surface area contributed by atoms with Crippen LogP contribution in [0, 0.1) is 11.6 Å². The number of hydrogen-bond acceptors (Lipinski definition) is 5. The van der Waals surface area contributed by atoms with E-state index in [4.69, 9.17) is 28.9 Å². The monoisotopic (exact) mass is 488 g/mol. The van der Waals surface area contributed by atoms with Crippen molar-refractivity contribution in [1.82, 2.24) is 20.0 Å². The Morgan fingerprint density at radius 2 is 1.67 bits per heavy atom. The minimum Gasteiger partial charge on any atom is -0.366 e. The van der Waals surface area contributed by atoms with E-state index in [-0.39, 0.29) is 43.8 Å². The van der Waals surface area contributed by atoms with Gasteiger partial charge in [0, 0.05) is 11.1 Å². The van der Waals surface area contributed by atoms with E-state index in [1.807, 2.05) is 0 Å². The number of aromatic nitrogens is 4. The lowest BCUT2D eigenvalue weighted by molar-refractivity contribution is 0.0997. The summed E-state index contributed by atoms with van der Waals surface area (Å²) in [6.45, 7) is 0. The first-order chi connectivity index (χ1) is 15.7. The SMILES string of the molecule is NC(=O)c1cc(F)ccc1-c1cc(Cl)c(C(=O)Nc2cnc(-n3nccn3)c(Cl)c2)cc1F. The molecule has 166 valence electrons. The number of nitrogens with one attached hydrogen (secondary N) is 1. The van der Waals surface area contributed by atoms with Crippen LogP contribution in [0.3, 0.4) is 0 Å². The third-order valence-corrected chi connectivity index (χ3v) is 5.12. The lowest BCUT2D eigenvalue weighted by atomic mass is 9.97. The number of carbonyl (C=O) groups is 2. The van der Waals surface area contributed by atoms with E-state index in [2.05, 4.69) is 20.5 Å². The lowest BCUT2D eigenvalue weighted by Crippen LogP contribution is -2.15. The van der Waals surface area contributed by atoms with Gasteiger partial charge in [-0.3, -0.25) is 9.59 Å². The van der Waals surface area contributed by atoms with Gasteiger partial charge < -0.3 is 11.1 Å². The molecular formula is C21H12Cl2F2N6O2. The van der Waals surface area contributed by atoms with Crippen molar-refractivity contribution >= 4 is 40.7 Å². The number of pyridine rings is 1. The second-order valence-corrected chi connectivity index (χ2v) is 7.48. The highest BCUT2D eigenvalue weighted by molar-refractivity contribution is 6.35. The van der Waals surface area contributed by atoms with E-state index in [0.717, 1.165) is 24.3 Å². The fourth-order valence-corrected chi connectivity index (χ4v) is 3.54. The third kappa shape index (κ3) is 4.52. The second kappa shape index (κ2) is 8.93. The molecule has 2 amide bonds. The molecule has 33 heavy (non-hydrogen) atoms. The molecule has 0 saturated heterocycles. The van der Waals surface area contributed by atoms with Crippen molar-refractivity contribution in [3.8, 4) is 16.9 Å². The predicted molar refractivity (Wildman–Crippen MR) is 117 cm³/mol. The number of benzene rings is 2. The number of anilines is 1. The maximum atomic E-state index is 14.9. The van der Waals surface area contributed by atoms with E-state index in [1.165, 1.54) is 35.5 Å². The molecule has 4 aromatic rings. The number of primary amides is 1. The Kier molecular flexibility index (Phi) is 6.03. The summed E-state index contributed by atoms with van der Waals surface area (Å²) in [5, 5.41) is 10.4. The van der Waals surface area contributed by atoms with Gasteiger partial charge in [0.25, 0.3) is 5.91 Å². The second-order valence-electron chi connectivity index (χ2n) is 6.67. The summed E-state index contributed by atoms with van der Waals surface area (Å²) >= 11 is 12.4. The molecule has 0 saturated carbocycles. The van der Waals surface area contributed by atoms with E-state index >= 15 is 0 Å². The van der Waals surface area contributed by atoms with Crippen LogP contribution in [-0.4, -0.2) is 31.8 Å². The van der Waals surface area contributed by atoms with Crippen molar-refractivity contribution < 1.29 is 18.4 Å². The van der Waals surface area contributed by atoms with Gasteiger partial charge in [0.1, 0.15) is 11.6 Å². The summed E-state index contributed by atoms with van der Waals surface area (Å²) in [4.78, 5) is 29.7. The van der Waals surface area contributed by atoms with Gasteiger partial charge in [-0.15, -0.1) is 4.80 Å². The first-order valence-corrected chi connectivity index (χ1v) is 9.92. The van der Waals surface area contributed by atoms with E-state index in [1.54, 1.807) is 0 Å². The molecule has 0 bridgehead atoms. The molecule has 0 radical (unpaired) electrons. The molecular weight excluding hydrogens is 477 g/mol. The molecule has 0 unspecified atom stereocenters. The first-order valence-electron chi connectivity index (χ1n) is 9.17. The molecule has 2 aromatic carbocycles. The average Bonchev–Trinajstić information content (AvgIpc) is 3.29. The molecule has 2 aromatic heterocycles. The Morgan fingerprint density at radius 3 is 2.33 bits per heavy atom. The van der Waals surface area contributed by atoms with Crippen molar-refractivity contribution in [3.63, 3.8) is 0 Å². The maximum absolute atomic E-state index is 14.9. The Morgan fingerprint density at radius 1 is 0.939 bits per heavy atom. The fraction of sp³-hybridized carbons (Fsp3) is 0. The number of nitrogens with two attached hydrogens (primary N) is 1. The molecule has 0 aliphatic heterocycles. The molecule has 0 atom stereocenters. The van der Waals surface area contributed by atoms with E-state index in [9.17, 15) is 18.4 Å². The van der Waals surface area contributed by atoms with Crippen LogP contribution in [0.5, 0.6) is 0 Å². The summed E-state index contributed by atoms with van der Waals surface area (Å²) in [7, 11) is 0. The van der Waals surface area contributed by atoms with Gasteiger partial charge in [-0.1, -0.05) is 29.3 Å². The minimum atomic E-state index is -0.944. The zero-order chi connectivity index (χ0) is 23.7. The molecule has 2 heterocycles. The molecule has 0 spiro atoms. The highest BCUT2D eigenvalue weighted by Crippen LogP contribution is 2.32. The molecule has 0 aliphatic rings. The van der Waals surface area contributed by atoms with Gasteiger partial charge in [0.2, 0.25) is 5.91 Å². The average molecular weight is 489 g/mol. The Balaban J connectivity index is 1.63. The number of halogens is 4. The summed E-state index contributed by atoms with van der Waals surface area (Å²) in [5.41, 5.74) is 5.00. The summed E-state index contributed by atoms with van der Waals surface area (Å²) in [6.07, 6.45) is 4.22. The van der Waals surface area contributed by atoms with Gasteiger partial charge in [0.15, 0.2) is 5.82 Å². The number of nitrogens with zero attached hydrogens (tertiary/aromatic N) is 4. The third-order valence-electron chi connectivity index (χ3n) is 4.53. The van der Waals surface area contributed by atoms with Crippen molar-refractivity contribution in [3.05, 3.63) is 87.8 Å². The van der Waals surface area contributed by atoms with Crippen LogP contribution in [0.4, 0.5) is 14.5 Å². The van der Waals surface area contributed by atoms with E-state index < -0.39 is 23.4 Å². The van der Waals surface area contributed by atoms with Crippen molar-refractivity contribution in [1.29, 1.82) is 0 Å². The summed E-state index contributed by atoms with van der Waals surface area (Å²) < 4.78 is 28.4. The topological polar surface area (TPSA) is 116 Å². The number of rotatable bonds is 5. The Hall–Kier alpha value is -3.89. The van der Waals surface area contributed by atoms with Gasteiger partial charge >= 0.3 is 0 Å². The highest BCUT2D eigenvalue weighted by atomic mass is 35.5. The van der Waals surface area contributed by atoms with Crippen molar-refractivity contribution in [2.24, 2.45) is 5.73 Å². The van der Waals surface area contributed by atoms with Gasteiger partial charge in [-0.25, -0.2) is 13.8 Å². The van der Waals surface area contributed by atoms with Gasteiger partial charge in [-0.05, 0) is 35.9 Å². The molecule has 3 N–H and O–H groups in total. The van der Waals surface area contributed by atoms with Crippen LogP contribution in [-0.2, 0) is 0 Å². The van der Waals surface area contributed by atoms with E-state index in [0.29, 0.717) is 0 Å². The Labute approximate surface area is 194 Å². The Bertz CT molecular complexity index is 1400. The lowest BCUT2D eigenvalue weighted by Gasteiger charge is -2.12. The maximum Gasteiger partial charge on any atom is 0.257 e. The summed E-state index contributed by atoms with van der Waals surface area (Å²) in [5.74, 6) is -3.01. The molecule has 12 heteroatoms. The largest absolute Gasteiger partial charge is 0.366 e. The molecule has 0 fully saturated rings. The van der Waals surface area contributed by atoms with Crippen LogP contribution in [0.25, 0.3) is 16.9 Å². The predicted octanol–water partition coefficient (Wildman–Crippen LogP) is 4.27. The van der Waals surface area contributed by atoms with Crippen LogP contribution in [0.2, 0.25) is 10.0 Å². The summed E-state index contributed by atoms with van der Waals surface area (Å²) in [6, 6.07) is 6.62. The first kappa shape index (κ1) is 22.3. The van der Waals surface area contributed by atoms with Crippen LogP contribution >= 0.6 is 23.2 Å². The number of hydrogen-bond donors (Lipinski definition) is 2. The van der Waals surface area contributed by atoms with Gasteiger partial charge in [-0.2, -0.15) is 10.2 Å². The minimum absolute atomic E-state index is 0.0362. The van der Waals surface area contributed by atoms with Crippen molar-refractivity contribution in [2.75, 3.05) is 5.32 Å². The number of carbonyl (C=O) groups excluding carboxylic acids is 2. The van der Waals surface area contributed by atoms with Crippen LogP contribution < -0.4 is 11.1 Å². The highest BCUT2D eigenvalue weighted by Gasteiger charge is 2.20. The van der Waals surface area contributed by atoms with Gasteiger partial charge in [0.05, 0.1) is 39.9 Å². The number of amides is 2. The van der Waals surface area contributed by atoms with Crippen LogP contribution in [0.15, 0.2) is 55.0 Å². The molecule has 4 rings (SSSR count). The normalized spacial score (nSPS) is 10.8. The molecule has 8 nitrogen and oxygen atoms in total.